The minimum Gasteiger partial charge on any atom is -0.461 e. The number of hydrogen-bond acceptors (Lipinski definition) is 4. The monoisotopic (exact) mass is 158 g/mol. The maximum Gasteiger partial charge on any atom is 0.354 e. The van der Waals surface area contributed by atoms with Crippen LogP contribution < -0.4 is 5.43 Å². The lowest BCUT2D eigenvalue weighted by molar-refractivity contribution is -0.135. The van der Waals surface area contributed by atoms with Crippen LogP contribution in [0, 0.1) is 0 Å². The number of hydrogen-bond donors (Lipinski definition) is 1. The average molecular weight is 158 g/mol. The van der Waals surface area contributed by atoms with Gasteiger partial charge in [-0.25, -0.2) is 4.79 Å². The highest BCUT2D eigenvalue weighted by molar-refractivity contribution is 6.35. The fourth-order valence-corrected chi connectivity index (χ4v) is 0.479. The topological polar surface area (TPSA) is 50.7 Å². The molecule has 0 saturated carbocycles. The lowest BCUT2D eigenvalue weighted by Gasteiger charge is -2.00. The summed E-state index contributed by atoms with van der Waals surface area (Å²) < 4.78 is 4.69. The molecule has 0 aliphatic rings. The molecule has 64 valence electrons. The summed E-state index contributed by atoms with van der Waals surface area (Å²) in [7, 11) is 0. The van der Waals surface area contributed by atoms with Gasteiger partial charge in [-0.1, -0.05) is 0 Å². The van der Waals surface area contributed by atoms with Crippen molar-refractivity contribution < 1.29 is 9.53 Å². The highest BCUT2D eigenvalue weighted by Crippen LogP contribution is 1.82. The molecule has 0 heterocycles. The Morgan fingerprint density at radius 3 is 2.64 bits per heavy atom. The van der Waals surface area contributed by atoms with Gasteiger partial charge in [0.15, 0.2) is 0 Å². The van der Waals surface area contributed by atoms with Gasteiger partial charge >= 0.3 is 5.97 Å². The molecule has 0 aliphatic carbocycles. The Hall–Kier alpha value is -1.06. The van der Waals surface area contributed by atoms with Crippen LogP contribution in [0.1, 0.15) is 20.8 Å². The van der Waals surface area contributed by atoms with E-state index in [1.165, 1.54) is 0 Å². The summed E-state index contributed by atoms with van der Waals surface area (Å²) in [4.78, 5) is 10.9. The van der Waals surface area contributed by atoms with Gasteiger partial charge in [0.25, 0.3) is 0 Å². The first-order chi connectivity index (χ1) is 5.22. The van der Waals surface area contributed by atoms with E-state index in [1.807, 2.05) is 6.92 Å². The number of esters is 1. The Balaban J connectivity index is 3.80. The van der Waals surface area contributed by atoms with Crippen LogP contribution in [0.3, 0.4) is 0 Å². The molecule has 4 nitrogen and oxygen atoms in total. The van der Waals surface area contributed by atoms with Crippen LogP contribution in [0.25, 0.3) is 0 Å². The van der Waals surface area contributed by atoms with Crippen molar-refractivity contribution in [3.8, 4) is 0 Å². The number of hydrazone groups is 1. The Morgan fingerprint density at radius 2 is 2.18 bits per heavy atom. The van der Waals surface area contributed by atoms with Crippen LogP contribution in [0.5, 0.6) is 0 Å². The Kier molecular flexibility index (Phi) is 5.15. The van der Waals surface area contributed by atoms with Gasteiger partial charge in [0.1, 0.15) is 5.71 Å². The van der Waals surface area contributed by atoms with E-state index >= 15 is 0 Å². The third kappa shape index (κ3) is 4.36. The lowest BCUT2D eigenvalue weighted by Crippen LogP contribution is -2.18. The normalized spacial score (nSPS) is 11.0. The summed E-state index contributed by atoms with van der Waals surface area (Å²) in [5.41, 5.74) is 3.03. The third-order valence-corrected chi connectivity index (χ3v) is 0.976. The molecule has 0 aromatic rings. The molecule has 0 rings (SSSR count). The van der Waals surface area contributed by atoms with Crippen molar-refractivity contribution >= 4 is 11.7 Å². The fourth-order valence-electron chi connectivity index (χ4n) is 0.479. The minimum atomic E-state index is -0.367. The number of carbonyl (C=O) groups is 1. The van der Waals surface area contributed by atoms with Gasteiger partial charge in [0.2, 0.25) is 0 Å². The van der Waals surface area contributed by atoms with E-state index in [-0.39, 0.29) is 5.97 Å². The zero-order valence-electron chi connectivity index (χ0n) is 7.18. The molecule has 0 unspecified atom stereocenters. The first-order valence-corrected chi connectivity index (χ1v) is 3.66. The molecule has 0 saturated heterocycles. The van der Waals surface area contributed by atoms with Crippen molar-refractivity contribution in [2.45, 2.75) is 20.8 Å². The zero-order valence-corrected chi connectivity index (χ0v) is 7.18. The third-order valence-electron chi connectivity index (χ3n) is 0.976. The second-order valence-electron chi connectivity index (χ2n) is 1.93. The summed E-state index contributed by atoms with van der Waals surface area (Å²) in [6.45, 7) is 6.37. The molecule has 0 bridgehead atoms. The summed E-state index contributed by atoms with van der Waals surface area (Å²) in [5.74, 6) is -0.367. The molecular weight excluding hydrogens is 144 g/mol. The number of ether oxygens (including phenoxy) is 1. The number of carbonyl (C=O) groups excluding carboxylic acids is 1. The van der Waals surface area contributed by atoms with Crippen LogP contribution in [-0.4, -0.2) is 24.8 Å². The molecule has 0 aromatic heterocycles. The lowest BCUT2D eigenvalue weighted by atomic mass is 10.4. The summed E-state index contributed by atoms with van der Waals surface area (Å²) in [5, 5.41) is 3.75. The molecule has 4 heteroatoms. The van der Waals surface area contributed by atoms with Crippen molar-refractivity contribution in [3.63, 3.8) is 0 Å². The van der Waals surface area contributed by atoms with E-state index in [0.717, 1.165) is 0 Å². The first-order valence-electron chi connectivity index (χ1n) is 3.66. The molecule has 1 N–H and O–H groups in total. The molecule has 0 spiro atoms. The van der Waals surface area contributed by atoms with Gasteiger partial charge in [-0.15, -0.1) is 0 Å². The van der Waals surface area contributed by atoms with Gasteiger partial charge in [0, 0.05) is 6.54 Å². The van der Waals surface area contributed by atoms with Crippen molar-refractivity contribution in [2.75, 3.05) is 13.2 Å². The van der Waals surface area contributed by atoms with Crippen LogP contribution in [-0.2, 0) is 9.53 Å². The standard InChI is InChI=1S/C7H14N2O2/c1-4-8-9-6(3)7(10)11-5-2/h8H,4-5H2,1-3H3/b9-6+. The van der Waals surface area contributed by atoms with Crippen molar-refractivity contribution in [1.82, 2.24) is 5.43 Å². The van der Waals surface area contributed by atoms with E-state index in [2.05, 4.69) is 10.5 Å². The van der Waals surface area contributed by atoms with E-state index < -0.39 is 0 Å². The molecule has 0 fully saturated rings. The van der Waals surface area contributed by atoms with E-state index in [4.69, 9.17) is 4.74 Å². The highest BCUT2D eigenvalue weighted by atomic mass is 16.5. The molecule has 0 radical (unpaired) electrons. The maximum absolute atomic E-state index is 10.9. The van der Waals surface area contributed by atoms with Crippen molar-refractivity contribution in [1.29, 1.82) is 0 Å². The van der Waals surface area contributed by atoms with Crippen molar-refractivity contribution in [3.05, 3.63) is 0 Å². The van der Waals surface area contributed by atoms with Crippen LogP contribution in [0.15, 0.2) is 5.10 Å². The summed E-state index contributed by atoms with van der Waals surface area (Å²) in [6.07, 6.45) is 0. The van der Waals surface area contributed by atoms with Gasteiger partial charge in [-0.2, -0.15) is 5.10 Å². The van der Waals surface area contributed by atoms with Crippen LogP contribution >= 0.6 is 0 Å². The predicted octanol–water partition coefficient (Wildman–Crippen LogP) is 0.535. The van der Waals surface area contributed by atoms with E-state index in [9.17, 15) is 4.79 Å². The number of nitrogens with one attached hydrogen (secondary N) is 1. The molecular formula is C7H14N2O2. The van der Waals surface area contributed by atoms with Gasteiger partial charge in [0.05, 0.1) is 6.61 Å². The zero-order chi connectivity index (χ0) is 8.69. The maximum atomic E-state index is 10.9. The molecule has 0 aliphatic heterocycles. The van der Waals surface area contributed by atoms with Crippen LogP contribution in [0.4, 0.5) is 0 Å². The van der Waals surface area contributed by atoms with E-state index in [1.54, 1.807) is 13.8 Å². The Labute approximate surface area is 66.6 Å². The second-order valence-corrected chi connectivity index (χ2v) is 1.93. The van der Waals surface area contributed by atoms with Crippen LogP contribution in [0.2, 0.25) is 0 Å². The molecule has 0 aromatic carbocycles. The second kappa shape index (κ2) is 5.70. The predicted molar refractivity (Wildman–Crippen MR) is 43.4 cm³/mol. The van der Waals surface area contributed by atoms with Gasteiger partial charge < -0.3 is 10.2 Å². The molecule has 0 atom stereocenters. The number of nitrogens with zero attached hydrogens (tertiary/aromatic N) is 1. The largest absolute Gasteiger partial charge is 0.461 e. The summed E-state index contributed by atoms with van der Waals surface area (Å²) in [6, 6.07) is 0. The average Bonchev–Trinajstić information content (AvgIpc) is 2.00. The smallest absolute Gasteiger partial charge is 0.354 e. The van der Waals surface area contributed by atoms with Gasteiger partial charge in [-0.3, -0.25) is 0 Å². The van der Waals surface area contributed by atoms with Gasteiger partial charge in [-0.05, 0) is 20.8 Å². The Morgan fingerprint density at radius 1 is 1.55 bits per heavy atom. The van der Waals surface area contributed by atoms with Crippen molar-refractivity contribution in [2.24, 2.45) is 5.10 Å². The molecule has 11 heavy (non-hydrogen) atoms. The Bertz CT molecular complexity index is 155. The molecule has 0 amide bonds. The fraction of sp³-hybridized carbons (Fsp3) is 0.714. The first kappa shape index (κ1) is 9.94. The SMILES string of the molecule is CCN/N=C(\C)C(=O)OCC. The highest BCUT2D eigenvalue weighted by Gasteiger charge is 2.04. The minimum absolute atomic E-state index is 0.355. The van der Waals surface area contributed by atoms with E-state index in [0.29, 0.717) is 18.9 Å². The number of rotatable bonds is 4. The summed E-state index contributed by atoms with van der Waals surface area (Å²) >= 11 is 0. The quantitative estimate of drug-likeness (QED) is 0.369.